The van der Waals surface area contributed by atoms with Crippen molar-refractivity contribution in [2.75, 3.05) is 0 Å². The number of hydrogen-bond acceptors (Lipinski definition) is 3. The SMILES string of the molecule is CC1(C)CCC(NS(=O)(=O)c2cccc3cnccc23)C1. The zero-order valence-corrected chi connectivity index (χ0v) is 13.2. The average Bonchev–Trinajstić information content (AvgIpc) is 2.76. The molecule has 0 bridgehead atoms. The summed E-state index contributed by atoms with van der Waals surface area (Å²) < 4.78 is 28.2. The molecule has 112 valence electrons. The van der Waals surface area contributed by atoms with E-state index in [1.807, 2.05) is 6.07 Å². The number of nitrogens with zero attached hydrogens (tertiary/aromatic N) is 1. The molecule has 5 heteroatoms. The van der Waals surface area contributed by atoms with Gasteiger partial charge in [0.2, 0.25) is 10.0 Å². The molecule has 1 saturated carbocycles. The second-order valence-electron chi connectivity index (χ2n) is 6.58. The van der Waals surface area contributed by atoms with Crippen molar-refractivity contribution in [1.29, 1.82) is 0 Å². The normalized spacial score (nSPS) is 21.7. The Morgan fingerprint density at radius 1 is 1.29 bits per heavy atom. The minimum absolute atomic E-state index is 0.0297. The van der Waals surface area contributed by atoms with E-state index < -0.39 is 10.0 Å². The Morgan fingerprint density at radius 2 is 2.10 bits per heavy atom. The summed E-state index contributed by atoms with van der Waals surface area (Å²) in [6, 6.07) is 7.08. The lowest BCUT2D eigenvalue weighted by molar-refractivity contribution is 0.372. The molecule has 1 aliphatic carbocycles. The van der Waals surface area contributed by atoms with Gasteiger partial charge in [-0.05, 0) is 36.8 Å². The largest absolute Gasteiger partial charge is 0.264 e. The van der Waals surface area contributed by atoms with Gasteiger partial charge in [-0.15, -0.1) is 0 Å². The van der Waals surface area contributed by atoms with Crippen molar-refractivity contribution in [3.05, 3.63) is 36.7 Å². The molecule has 21 heavy (non-hydrogen) atoms. The molecule has 4 nitrogen and oxygen atoms in total. The standard InChI is InChI=1S/C16H20N2O2S/c1-16(2)8-6-13(10-16)18-21(19,20)15-5-3-4-12-11-17-9-7-14(12)15/h3-5,7,9,11,13,18H,6,8,10H2,1-2H3. The van der Waals surface area contributed by atoms with Crippen molar-refractivity contribution in [2.24, 2.45) is 5.41 Å². The van der Waals surface area contributed by atoms with Crippen LogP contribution in [0.4, 0.5) is 0 Å². The van der Waals surface area contributed by atoms with Crippen molar-refractivity contribution in [3.63, 3.8) is 0 Å². The fraction of sp³-hybridized carbons (Fsp3) is 0.438. The topological polar surface area (TPSA) is 59.1 Å². The van der Waals surface area contributed by atoms with Gasteiger partial charge in [0.05, 0.1) is 4.90 Å². The lowest BCUT2D eigenvalue weighted by Crippen LogP contribution is -2.33. The van der Waals surface area contributed by atoms with Gasteiger partial charge in [-0.1, -0.05) is 26.0 Å². The maximum absolute atomic E-state index is 12.7. The van der Waals surface area contributed by atoms with Gasteiger partial charge in [-0.3, -0.25) is 4.98 Å². The molecule has 0 saturated heterocycles. The number of benzene rings is 1. The minimum Gasteiger partial charge on any atom is -0.264 e. The van der Waals surface area contributed by atoms with Gasteiger partial charge in [0.1, 0.15) is 0 Å². The summed E-state index contributed by atoms with van der Waals surface area (Å²) in [5.74, 6) is 0. The van der Waals surface area contributed by atoms with Gasteiger partial charge < -0.3 is 0 Å². The van der Waals surface area contributed by atoms with E-state index in [2.05, 4.69) is 23.6 Å². The Kier molecular flexibility index (Phi) is 3.50. The van der Waals surface area contributed by atoms with Gasteiger partial charge in [0.25, 0.3) is 0 Å². The van der Waals surface area contributed by atoms with Gasteiger partial charge >= 0.3 is 0 Å². The van der Waals surface area contributed by atoms with Crippen LogP contribution in [0.5, 0.6) is 0 Å². The Hall–Kier alpha value is -1.46. The van der Waals surface area contributed by atoms with Crippen LogP contribution in [0.1, 0.15) is 33.1 Å². The summed E-state index contributed by atoms with van der Waals surface area (Å²) in [4.78, 5) is 4.38. The van der Waals surface area contributed by atoms with Crippen molar-refractivity contribution < 1.29 is 8.42 Å². The maximum atomic E-state index is 12.7. The molecule has 0 aliphatic heterocycles. The van der Waals surface area contributed by atoms with Crippen LogP contribution in [0.2, 0.25) is 0 Å². The van der Waals surface area contributed by atoms with E-state index in [1.54, 1.807) is 30.6 Å². The van der Waals surface area contributed by atoms with Crippen molar-refractivity contribution in [1.82, 2.24) is 9.71 Å². The Bertz CT molecular complexity index is 763. The number of sulfonamides is 1. The maximum Gasteiger partial charge on any atom is 0.241 e. The van der Waals surface area contributed by atoms with Crippen LogP contribution in [0.15, 0.2) is 41.6 Å². The number of fused-ring (bicyclic) bond motifs is 1. The second-order valence-corrected chi connectivity index (χ2v) is 8.26. The lowest BCUT2D eigenvalue weighted by Gasteiger charge is -2.18. The Balaban J connectivity index is 1.94. The third kappa shape index (κ3) is 2.94. The van der Waals surface area contributed by atoms with Gasteiger partial charge in [0, 0.05) is 29.2 Å². The molecule has 1 aromatic heterocycles. The first-order chi connectivity index (χ1) is 9.87. The van der Waals surface area contributed by atoms with E-state index in [4.69, 9.17) is 0 Å². The number of pyridine rings is 1. The van der Waals surface area contributed by atoms with E-state index in [1.165, 1.54) is 0 Å². The highest BCUT2D eigenvalue weighted by atomic mass is 32.2. The van der Waals surface area contributed by atoms with E-state index >= 15 is 0 Å². The molecule has 2 aromatic rings. The molecule has 1 N–H and O–H groups in total. The highest BCUT2D eigenvalue weighted by Crippen LogP contribution is 2.37. The second kappa shape index (κ2) is 5.07. The van der Waals surface area contributed by atoms with Crippen LogP contribution in [0.25, 0.3) is 10.8 Å². The third-order valence-electron chi connectivity index (χ3n) is 4.22. The zero-order valence-electron chi connectivity index (χ0n) is 12.3. The van der Waals surface area contributed by atoms with Crippen molar-refractivity contribution >= 4 is 20.8 Å². The highest BCUT2D eigenvalue weighted by molar-refractivity contribution is 7.89. The molecule has 1 heterocycles. The third-order valence-corrected chi connectivity index (χ3v) is 5.80. The fourth-order valence-corrected chi connectivity index (χ4v) is 4.65. The first-order valence-electron chi connectivity index (χ1n) is 7.22. The summed E-state index contributed by atoms with van der Waals surface area (Å²) >= 11 is 0. The van der Waals surface area contributed by atoms with Crippen LogP contribution < -0.4 is 4.72 Å². The minimum atomic E-state index is -3.50. The van der Waals surface area contributed by atoms with Crippen LogP contribution in [0, 0.1) is 5.41 Å². The predicted octanol–water partition coefficient (Wildman–Crippen LogP) is 3.09. The molecule has 1 unspecified atom stereocenters. The molecule has 1 aromatic carbocycles. The van der Waals surface area contributed by atoms with Crippen LogP contribution >= 0.6 is 0 Å². The zero-order chi connectivity index (χ0) is 15.1. The number of nitrogens with one attached hydrogen (secondary N) is 1. The van der Waals surface area contributed by atoms with Gasteiger partial charge in [-0.2, -0.15) is 0 Å². The highest BCUT2D eigenvalue weighted by Gasteiger charge is 2.33. The molecule has 1 fully saturated rings. The molecule has 0 radical (unpaired) electrons. The van der Waals surface area contributed by atoms with Crippen molar-refractivity contribution in [3.8, 4) is 0 Å². The smallest absolute Gasteiger partial charge is 0.241 e. The summed E-state index contributed by atoms with van der Waals surface area (Å²) in [6.07, 6.45) is 6.16. The summed E-state index contributed by atoms with van der Waals surface area (Å²) in [7, 11) is -3.50. The van der Waals surface area contributed by atoms with Crippen LogP contribution in [-0.2, 0) is 10.0 Å². The summed E-state index contributed by atoms with van der Waals surface area (Å²) in [5, 5.41) is 1.56. The molecule has 1 aliphatic rings. The van der Waals surface area contributed by atoms with Gasteiger partial charge in [0.15, 0.2) is 0 Å². The van der Waals surface area contributed by atoms with Crippen LogP contribution in [-0.4, -0.2) is 19.4 Å². The first kappa shape index (κ1) is 14.5. The Labute approximate surface area is 125 Å². The molecular formula is C16H20N2O2S. The van der Waals surface area contributed by atoms with E-state index in [0.717, 1.165) is 30.0 Å². The summed E-state index contributed by atoms with van der Waals surface area (Å²) in [5.41, 5.74) is 0.218. The summed E-state index contributed by atoms with van der Waals surface area (Å²) in [6.45, 7) is 4.37. The molecule has 0 amide bonds. The van der Waals surface area contributed by atoms with E-state index in [-0.39, 0.29) is 11.5 Å². The molecule has 0 spiro atoms. The number of aromatic nitrogens is 1. The lowest BCUT2D eigenvalue weighted by atomic mass is 9.92. The van der Waals surface area contributed by atoms with E-state index in [9.17, 15) is 8.42 Å². The number of rotatable bonds is 3. The quantitative estimate of drug-likeness (QED) is 0.948. The van der Waals surface area contributed by atoms with E-state index in [0.29, 0.717) is 4.90 Å². The van der Waals surface area contributed by atoms with Gasteiger partial charge in [-0.25, -0.2) is 13.1 Å². The predicted molar refractivity (Wildman–Crippen MR) is 83.5 cm³/mol. The average molecular weight is 304 g/mol. The Morgan fingerprint density at radius 3 is 2.81 bits per heavy atom. The monoisotopic (exact) mass is 304 g/mol. The van der Waals surface area contributed by atoms with Crippen LogP contribution in [0.3, 0.4) is 0 Å². The number of hydrogen-bond donors (Lipinski definition) is 1. The fourth-order valence-electron chi connectivity index (χ4n) is 3.15. The molecule has 1 atom stereocenters. The van der Waals surface area contributed by atoms with Crippen molar-refractivity contribution in [2.45, 2.75) is 44.0 Å². The first-order valence-corrected chi connectivity index (χ1v) is 8.71. The molecular weight excluding hydrogens is 284 g/mol. The molecule has 3 rings (SSSR count).